The van der Waals surface area contributed by atoms with Crippen molar-refractivity contribution in [2.45, 2.75) is 45.9 Å². The zero-order valence-electron chi connectivity index (χ0n) is 13.6. The highest BCUT2D eigenvalue weighted by atomic mass is 79.9. The molecule has 0 spiro atoms. The molecule has 1 heterocycles. The fourth-order valence-corrected chi connectivity index (χ4v) is 3.09. The van der Waals surface area contributed by atoms with E-state index in [1.54, 1.807) is 12.1 Å². The maximum Gasteiger partial charge on any atom is 0.387 e. The smallest absolute Gasteiger partial charge is 0.387 e. The minimum atomic E-state index is -2.80. The van der Waals surface area contributed by atoms with Crippen molar-refractivity contribution in [2.24, 2.45) is 5.92 Å². The van der Waals surface area contributed by atoms with E-state index in [9.17, 15) is 8.78 Å². The van der Waals surface area contributed by atoms with Crippen molar-refractivity contribution in [3.63, 3.8) is 0 Å². The first-order valence-electron chi connectivity index (χ1n) is 8.01. The van der Waals surface area contributed by atoms with Gasteiger partial charge in [0.15, 0.2) is 0 Å². The van der Waals surface area contributed by atoms with Crippen molar-refractivity contribution >= 4 is 15.9 Å². The highest BCUT2D eigenvalue weighted by Crippen LogP contribution is 2.27. The average Bonchev–Trinajstić information content (AvgIpc) is 2.49. The Bertz CT molecular complexity index is 491. The molecular formula is C17H24BrF2NO2. The van der Waals surface area contributed by atoms with E-state index in [-0.39, 0.29) is 5.75 Å². The summed E-state index contributed by atoms with van der Waals surface area (Å²) < 4.78 is 36.4. The summed E-state index contributed by atoms with van der Waals surface area (Å²) in [5, 5.41) is 0. The topological polar surface area (TPSA) is 21.7 Å². The number of nitrogens with zero attached hydrogens (tertiary/aromatic N) is 1. The van der Waals surface area contributed by atoms with Gasteiger partial charge in [0.1, 0.15) is 5.75 Å². The molecule has 3 nitrogen and oxygen atoms in total. The molecule has 1 aliphatic rings. The molecule has 0 N–H and O–H groups in total. The second-order valence-electron chi connectivity index (χ2n) is 6.33. The van der Waals surface area contributed by atoms with Crippen LogP contribution in [0, 0.1) is 5.92 Å². The lowest BCUT2D eigenvalue weighted by Gasteiger charge is -2.32. The zero-order valence-corrected chi connectivity index (χ0v) is 15.2. The van der Waals surface area contributed by atoms with E-state index in [0.717, 1.165) is 42.6 Å². The van der Waals surface area contributed by atoms with Gasteiger partial charge in [-0.05, 0) is 37.0 Å². The fourth-order valence-electron chi connectivity index (χ4n) is 2.69. The van der Waals surface area contributed by atoms with E-state index in [1.807, 2.05) is 6.07 Å². The first-order valence-corrected chi connectivity index (χ1v) is 8.80. The number of likely N-dealkylation sites (tertiary alicyclic amines) is 1. The van der Waals surface area contributed by atoms with E-state index >= 15 is 0 Å². The van der Waals surface area contributed by atoms with E-state index in [4.69, 9.17) is 4.74 Å². The lowest BCUT2D eigenvalue weighted by atomic mass is 10.1. The van der Waals surface area contributed by atoms with E-state index < -0.39 is 6.61 Å². The third-order valence-electron chi connectivity index (χ3n) is 3.83. The van der Waals surface area contributed by atoms with Gasteiger partial charge in [-0.3, -0.25) is 4.90 Å². The van der Waals surface area contributed by atoms with Crippen LogP contribution in [-0.4, -0.2) is 37.3 Å². The van der Waals surface area contributed by atoms with Gasteiger partial charge in [-0.15, -0.1) is 0 Å². The number of benzene rings is 1. The SMILES string of the molecule is CC(C)COC1CCN(Cc2cc(Br)ccc2OC(F)F)CC1. The van der Waals surface area contributed by atoms with Crippen molar-refractivity contribution in [3.8, 4) is 5.75 Å². The summed E-state index contributed by atoms with van der Waals surface area (Å²) in [6.45, 7) is 4.71. The Morgan fingerprint density at radius 2 is 1.96 bits per heavy atom. The summed E-state index contributed by atoms with van der Waals surface area (Å²) in [7, 11) is 0. The van der Waals surface area contributed by atoms with Crippen molar-refractivity contribution < 1.29 is 18.3 Å². The monoisotopic (exact) mass is 391 g/mol. The highest BCUT2D eigenvalue weighted by molar-refractivity contribution is 9.10. The maximum atomic E-state index is 12.5. The molecule has 2 rings (SSSR count). The summed E-state index contributed by atoms with van der Waals surface area (Å²) in [5.74, 6) is 0.796. The molecule has 0 aliphatic carbocycles. The maximum absolute atomic E-state index is 12.5. The molecule has 1 aromatic carbocycles. The predicted octanol–water partition coefficient (Wildman–Crippen LogP) is 4.69. The molecule has 1 aromatic rings. The van der Waals surface area contributed by atoms with Crippen LogP contribution in [0.25, 0.3) is 0 Å². The van der Waals surface area contributed by atoms with Gasteiger partial charge in [0.25, 0.3) is 0 Å². The highest BCUT2D eigenvalue weighted by Gasteiger charge is 2.21. The molecular weight excluding hydrogens is 368 g/mol. The van der Waals surface area contributed by atoms with Crippen LogP contribution in [0.3, 0.4) is 0 Å². The van der Waals surface area contributed by atoms with Crippen LogP contribution in [0.5, 0.6) is 5.75 Å². The first kappa shape index (κ1) is 18.6. The Morgan fingerprint density at radius 1 is 1.26 bits per heavy atom. The number of rotatable bonds is 7. The van der Waals surface area contributed by atoms with Gasteiger partial charge in [0.05, 0.1) is 6.10 Å². The summed E-state index contributed by atoms with van der Waals surface area (Å²) in [5.41, 5.74) is 0.779. The molecule has 1 saturated heterocycles. The van der Waals surface area contributed by atoms with Gasteiger partial charge in [-0.1, -0.05) is 29.8 Å². The number of alkyl halides is 2. The second kappa shape index (κ2) is 8.94. The Morgan fingerprint density at radius 3 is 2.57 bits per heavy atom. The molecule has 130 valence electrons. The first-order chi connectivity index (χ1) is 10.9. The zero-order chi connectivity index (χ0) is 16.8. The van der Waals surface area contributed by atoms with Gasteiger partial charge in [-0.25, -0.2) is 0 Å². The molecule has 0 unspecified atom stereocenters. The second-order valence-corrected chi connectivity index (χ2v) is 7.25. The van der Waals surface area contributed by atoms with Crippen molar-refractivity contribution in [1.29, 1.82) is 0 Å². The predicted molar refractivity (Wildman–Crippen MR) is 89.9 cm³/mol. The summed E-state index contributed by atoms with van der Waals surface area (Å²) in [4.78, 5) is 2.26. The van der Waals surface area contributed by atoms with Crippen LogP contribution in [-0.2, 0) is 11.3 Å². The van der Waals surface area contributed by atoms with E-state index in [1.165, 1.54) is 0 Å². The normalized spacial score (nSPS) is 17.2. The molecule has 23 heavy (non-hydrogen) atoms. The number of hydrogen-bond acceptors (Lipinski definition) is 3. The number of hydrogen-bond donors (Lipinski definition) is 0. The van der Waals surface area contributed by atoms with Crippen LogP contribution in [0.2, 0.25) is 0 Å². The van der Waals surface area contributed by atoms with E-state index in [0.29, 0.717) is 18.6 Å². The van der Waals surface area contributed by atoms with Crippen molar-refractivity contribution in [3.05, 3.63) is 28.2 Å². The lowest BCUT2D eigenvalue weighted by molar-refractivity contribution is -0.0510. The molecule has 0 radical (unpaired) electrons. The van der Waals surface area contributed by atoms with Crippen LogP contribution in [0.1, 0.15) is 32.3 Å². The van der Waals surface area contributed by atoms with Gasteiger partial charge in [0, 0.05) is 36.3 Å². The molecule has 1 fully saturated rings. The Balaban J connectivity index is 1.89. The Hall–Kier alpha value is -0.720. The van der Waals surface area contributed by atoms with Crippen LogP contribution in [0.15, 0.2) is 22.7 Å². The third kappa shape index (κ3) is 6.36. The molecule has 0 atom stereocenters. The lowest BCUT2D eigenvalue weighted by Crippen LogP contribution is -2.37. The molecule has 6 heteroatoms. The summed E-state index contributed by atoms with van der Waals surface area (Å²) in [6.07, 6.45) is 2.27. The minimum Gasteiger partial charge on any atom is -0.434 e. The molecule has 0 aromatic heterocycles. The van der Waals surface area contributed by atoms with Crippen LogP contribution < -0.4 is 4.74 Å². The average molecular weight is 392 g/mol. The number of piperidine rings is 1. The van der Waals surface area contributed by atoms with Gasteiger partial charge < -0.3 is 9.47 Å². The van der Waals surface area contributed by atoms with Crippen molar-refractivity contribution in [2.75, 3.05) is 19.7 Å². The molecule has 0 saturated carbocycles. The van der Waals surface area contributed by atoms with Crippen molar-refractivity contribution in [1.82, 2.24) is 4.90 Å². The van der Waals surface area contributed by atoms with E-state index in [2.05, 4.69) is 39.4 Å². The Labute approximate surface area is 145 Å². The number of ether oxygens (including phenoxy) is 2. The quantitative estimate of drug-likeness (QED) is 0.672. The summed E-state index contributed by atoms with van der Waals surface area (Å²) in [6, 6.07) is 5.15. The van der Waals surface area contributed by atoms with Gasteiger partial charge in [-0.2, -0.15) is 8.78 Å². The van der Waals surface area contributed by atoms with Gasteiger partial charge in [0.2, 0.25) is 0 Å². The largest absolute Gasteiger partial charge is 0.434 e. The van der Waals surface area contributed by atoms with Crippen LogP contribution >= 0.6 is 15.9 Å². The van der Waals surface area contributed by atoms with Crippen LogP contribution in [0.4, 0.5) is 8.78 Å². The molecule has 1 aliphatic heterocycles. The number of halogens is 3. The molecule has 0 bridgehead atoms. The molecule has 0 amide bonds. The third-order valence-corrected chi connectivity index (χ3v) is 4.33. The summed E-state index contributed by atoms with van der Waals surface area (Å²) >= 11 is 3.39. The minimum absolute atomic E-state index is 0.251. The fraction of sp³-hybridized carbons (Fsp3) is 0.647. The van der Waals surface area contributed by atoms with Gasteiger partial charge >= 0.3 is 6.61 Å². The Kier molecular flexibility index (Phi) is 7.24. The standard InChI is InChI=1S/C17H24BrF2NO2/c1-12(2)11-22-15-5-7-21(8-6-15)10-13-9-14(18)3-4-16(13)23-17(19)20/h3-4,9,12,15,17H,5-8,10-11H2,1-2H3.